The average Bonchev–Trinajstić information content (AvgIpc) is 3.50. The number of amides is 1. The van der Waals surface area contributed by atoms with Crippen molar-refractivity contribution in [2.45, 2.75) is 38.4 Å². The van der Waals surface area contributed by atoms with Crippen molar-refractivity contribution in [3.8, 4) is 22.6 Å². The third-order valence-corrected chi connectivity index (χ3v) is 7.00. The van der Waals surface area contributed by atoms with E-state index >= 15 is 0 Å². The molecule has 3 aromatic heterocycles. The number of hydrogen-bond donors (Lipinski definition) is 2. The van der Waals surface area contributed by atoms with E-state index in [0.717, 1.165) is 0 Å². The minimum Gasteiger partial charge on any atom is -0.450 e. The van der Waals surface area contributed by atoms with Crippen LogP contribution in [0.5, 0.6) is 11.5 Å². The molecule has 1 amide bonds. The number of pyridine rings is 2. The lowest BCUT2D eigenvalue weighted by atomic mass is 10.0. The number of carbonyl (C=O) groups excluding carboxylic acids is 1. The lowest BCUT2D eigenvalue weighted by molar-refractivity contribution is -0.163. The predicted octanol–water partition coefficient (Wildman–Crippen LogP) is 4.61. The van der Waals surface area contributed by atoms with Gasteiger partial charge in [0.25, 0.3) is 17.0 Å². The van der Waals surface area contributed by atoms with Gasteiger partial charge in [-0.3, -0.25) is 14.4 Å². The summed E-state index contributed by atoms with van der Waals surface area (Å²) in [7, 11) is 2.98. The molecule has 204 valence electrons. The largest absolute Gasteiger partial charge is 0.450 e. The molecule has 0 atom stereocenters. The average molecular weight is 545 g/mol. The van der Waals surface area contributed by atoms with Crippen LogP contribution in [0.1, 0.15) is 34.5 Å². The van der Waals surface area contributed by atoms with E-state index in [9.17, 15) is 31.9 Å². The number of hydrogen-bond acceptors (Lipinski definition) is 4. The van der Waals surface area contributed by atoms with Crippen LogP contribution in [0.15, 0.2) is 46.2 Å². The first-order chi connectivity index (χ1) is 18.2. The molecule has 4 aromatic rings. The van der Waals surface area contributed by atoms with Gasteiger partial charge in [-0.25, -0.2) is 4.39 Å². The predicted molar refractivity (Wildman–Crippen MR) is 136 cm³/mol. The third-order valence-electron chi connectivity index (χ3n) is 7.00. The molecule has 0 unspecified atom stereocenters. The minimum atomic E-state index is -4.61. The van der Waals surface area contributed by atoms with Crippen molar-refractivity contribution < 1.29 is 27.1 Å². The molecule has 5 rings (SSSR count). The van der Waals surface area contributed by atoms with Crippen molar-refractivity contribution in [2.24, 2.45) is 14.1 Å². The Morgan fingerprint density at radius 3 is 2.23 bits per heavy atom. The molecular weight excluding hydrogens is 520 g/mol. The van der Waals surface area contributed by atoms with Gasteiger partial charge in [0, 0.05) is 43.0 Å². The topological polar surface area (TPSA) is 98.1 Å². The summed E-state index contributed by atoms with van der Waals surface area (Å²) in [5.74, 6) is -1.31. The SMILES string of the molecule is Cc1cc(F)cc(C)c1Oc1c(-c2cn(C)c(=O)c3[nH]c(C(=O)NC4(C(F)(F)F)CC4)cc23)ccn(C)c1=O. The van der Waals surface area contributed by atoms with E-state index in [-0.39, 0.29) is 46.5 Å². The standard InChI is InChI=1S/C27H24F4N4O4/c1-13-9-15(28)10-14(2)21(13)39-22-16(5-8-34(3)25(22)38)18-12-35(4)24(37)20-17(18)11-19(32-20)23(36)33-26(6-7-26)27(29,30)31/h5,8-12,32H,6-7H2,1-4H3,(H,33,36). The number of rotatable bonds is 5. The number of H-pyrrole nitrogens is 1. The van der Waals surface area contributed by atoms with E-state index in [1.807, 2.05) is 5.32 Å². The summed E-state index contributed by atoms with van der Waals surface area (Å²) in [4.78, 5) is 41.6. The Hall–Kier alpha value is -4.35. The van der Waals surface area contributed by atoms with Gasteiger partial charge in [0.1, 0.15) is 28.3 Å². The van der Waals surface area contributed by atoms with E-state index in [1.165, 1.54) is 53.8 Å². The zero-order valence-corrected chi connectivity index (χ0v) is 21.4. The summed E-state index contributed by atoms with van der Waals surface area (Å²) in [5, 5.41) is 2.26. The number of ether oxygens (including phenoxy) is 1. The van der Waals surface area contributed by atoms with E-state index in [1.54, 1.807) is 19.9 Å². The fourth-order valence-electron chi connectivity index (χ4n) is 4.64. The van der Waals surface area contributed by atoms with Gasteiger partial charge < -0.3 is 24.2 Å². The molecule has 1 aliphatic carbocycles. The smallest absolute Gasteiger partial charge is 0.411 e. The second-order valence-electron chi connectivity index (χ2n) is 9.91. The number of fused-ring (bicyclic) bond motifs is 1. The van der Waals surface area contributed by atoms with Crippen molar-refractivity contribution in [2.75, 3.05) is 0 Å². The summed E-state index contributed by atoms with van der Waals surface area (Å²) in [6, 6.07) is 5.40. The van der Waals surface area contributed by atoms with E-state index in [2.05, 4.69) is 4.98 Å². The van der Waals surface area contributed by atoms with Crippen LogP contribution in [-0.4, -0.2) is 31.7 Å². The van der Waals surface area contributed by atoms with Gasteiger partial charge in [-0.2, -0.15) is 13.2 Å². The van der Waals surface area contributed by atoms with Crippen LogP contribution in [-0.2, 0) is 14.1 Å². The molecule has 0 saturated heterocycles. The zero-order chi connectivity index (χ0) is 28.4. The Morgan fingerprint density at radius 2 is 1.64 bits per heavy atom. The Balaban J connectivity index is 1.67. The number of alkyl halides is 3. The normalized spacial score (nSPS) is 14.5. The quantitative estimate of drug-likeness (QED) is 0.359. The van der Waals surface area contributed by atoms with Gasteiger partial charge >= 0.3 is 6.18 Å². The van der Waals surface area contributed by atoms with Crippen LogP contribution in [0.3, 0.4) is 0 Å². The maximum atomic E-state index is 13.9. The highest BCUT2D eigenvalue weighted by atomic mass is 19.4. The molecule has 1 saturated carbocycles. The second-order valence-corrected chi connectivity index (χ2v) is 9.91. The van der Waals surface area contributed by atoms with Crippen molar-refractivity contribution >= 4 is 16.8 Å². The first-order valence-corrected chi connectivity index (χ1v) is 12.0. The Labute approximate surface area is 218 Å². The molecule has 2 N–H and O–H groups in total. The molecule has 8 nitrogen and oxygen atoms in total. The molecule has 1 aromatic carbocycles. The maximum absolute atomic E-state index is 13.9. The van der Waals surface area contributed by atoms with Gasteiger partial charge in [0.15, 0.2) is 5.75 Å². The lowest BCUT2D eigenvalue weighted by Gasteiger charge is -2.20. The molecule has 0 bridgehead atoms. The Morgan fingerprint density at radius 1 is 1.00 bits per heavy atom. The molecule has 1 aliphatic rings. The summed E-state index contributed by atoms with van der Waals surface area (Å²) in [6.07, 6.45) is -2.13. The molecule has 0 aliphatic heterocycles. The number of nitrogens with one attached hydrogen (secondary N) is 2. The van der Waals surface area contributed by atoms with Crippen LogP contribution in [0.4, 0.5) is 17.6 Å². The highest BCUT2D eigenvalue weighted by molar-refractivity contribution is 6.03. The molecule has 39 heavy (non-hydrogen) atoms. The molecule has 0 radical (unpaired) electrons. The fraction of sp³-hybridized carbons (Fsp3) is 0.296. The van der Waals surface area contributed by atoms with Crippen molar-refractivity contribution in [3.63, 3.8) is 0 Å². The van der Waals surface area contributed by atoms with Gasteiger partial charge in [-0.05, 0) is 62.1 Å². The number of halogens is 4. The first kappa shape index (κ1) is 26.3. The van der Waals surface area contributed by atoms with Crippen molar-refractivity contribution in [1.82, 2.24) is 19.4 Å². The van der Waals surface area contributed by atoms with Gasteiger partial charge in [0.2, 0.25) is 0 Å². The summed E-state index contributed by atoms with van der Waals surface area (Å²) in [6.45, 7) is 3.26. The maximum Gasteiger partial charge on any atom is 0.411 e. The number of nitrogens with zero attached hydrogens (tertiary/aromatic N) is 2. The van der Waals surface area contributed by atoms with Crippen LogP contribution in [0, 0.1) is 19.7 Å². The summed E-state index contributed by atoms with van der Waals surface area (Å²) in [5.41, 5.74) is -2.10. The van der Waals surface area contributed by atoms with E-state index in [4.69, 9.17) is 4.74 Å². The van der Waals surface area contributed by atoms with Crippen LogP contribution in [0.2, 0.25) is 0 Å². The molecule has 3 heterocycles. The summed E-state index contributed by atoms with van der Waals surface area (Å²) >= 11 is 0. The first-order valence-electron chi connectivity index (χ1n) is 12.0. The zero-order valence-electron chi connectivity index (χ0n) is 21.4. The number of aromatic nitrogens is 3. The van der Waals surface area contributed by atoms with Gasteiger partial charge in [-0.1, -0.05) is 0 Å². The number of carbonyl (C=O) groups is 1. The van der Waals surface area contributed by atoms with Crippen molar-refractivity contribution in [1.29, 1.82) is 0 Å². The van der Waals surface area contributed by atoms with Crippen LogP contribution < -0.4 is 21.2 Å². The second kappa shape index (κ2) is 8.85. The van der Waals surface area contributed by atoms with E-state index < -0.39 is 34.6 Å². The minimum absolute atomic E-state index is 0.0298. The van der Waals surface area contributed by atoms with E-state index in [0.29, 0.717) is 16.7 Å². The lowest BCUT2D eigenvalue weighted by Crippen LogP contribution is -2.47. The molecule has 12 heteroatoms. The molecular formula is C27H24F4N4O4. The van der Waals surface area contributed by atoms with Gasteiger partial charge in [-0.15, -0.1) is 0 Å². The number of benzene rings is 1. The summed E-state index contributed by atoms with van der Waals surface area (Å²) < 4.78 is 62.7. The van der Waals surface area contributed by atoms with Gasteiger partial charge in [0.05, 0.1) is 0 Å². The molecule has 1 fully saturated rings. The van der Waals surface area contributed by atoms with Crippen molar-refractivity contribution in [3.05, 3.63) is 80.0 Å². The Kier molecular flexibility index (Phi) is 5.96. The monoisotopic (exact) mass is 544 g/mol. The number of aryl methyl sites for hydroxylation is 4. The molecule has 0 spiro atoms. The van der Waals surface area contributed by atoms with Crippen LogP contribution >= 0.6 is 0 Å². The third kappa shape index (κ3) is 4.39. The fourth-order valence-corrected chi connectivity index (χ4v) is 4.64. The Bertz CT molecular complexity index is 1750. The highest BCUT2D eigenvalue weighted by Gasteiger charge is 2.64. The van der Waals surface area contributed by atoms with Crippen LogP contribution in [0.25, 0.3) is 22.0 Å². The number of aromatic amines is 1. The highest BCUT2D eigenvalue weighted by Crippen LogP contribution is 2.49.